The minimum absolute atomic E-state index is 0.274. The summed E-state index contributed by atoms with van der Waals surface area (Å²) in [7, 11) is 0. The Labute approximate surface area is 109 Å². The van der Waals surface area contributed by atoms with Crippen LogP contribution in [0.3, 0.4) is 0 Å². The molecule has 1 aromatic heterocycles. The van der Waals surface area contributed by atoms with Gasteiger partial charge in [-0.2, -0.15) is 0 Å². The summed E-state index contributed by atoms with van der Waals surface area (Å²) in [6.07, 6.45) is 2.16. The molecule has 0 bridgehead atoms. The van der Waals surface area contributed by atoms with Crippen LogP contribution < -0.4 is 21.9 Å². The quantitative estimate of drug-likeness (QED) is 0.209. The van der Waals surface area contributed by atoms with Crippen LogP contribution in [-0.4, -0.2) is 22.5 Å². The molecule has 1 aromatic rings. The Morgan fingerprint density at radius 3 is 3.06 bits per heavy atom. The van der Waals surface area contributed by atoms with Crippen LogP contribution in [0.2, 0.25) is 0 Å². The van der Waals surface area contributed by atoms with E-state index in [4.69, 9.17) is 18.1 Å². The maximum Gasteiger partial charge on any atom is 0.284 e. The number of carbonyl (C=O) groups excluding carboxylic acids is 1. The van der Waals surface area contributed by atoms with Crippen LogP contribution in [0.15, 0.2) is 5.38 Å². The molecule has 0 atom stereocenters. The number of carbonyl (C=O) groups is 1. The Bertz CT molecular complexity index is 392. The number of rotatable bonds is 5. The smallest absolute Gasteiger partial charge is 0.284 e. The summed E-state index contributed by atoms with van der Waals surface area (Å²) in [5.41, 5.74) is 2.29. The van der Waals surface area contributed by atoms with Gasteiger partial charge in [-0.3, -0.25) is 10.2 Å². The second-order valence-corrected chi connectivity index (χ2v) is 4.51. The van der Waals surface area contributed by atoms with Crippen molar-refractivity contribution in [2.75, 3.05) is 11.9 Å². The number of nitrogen functional groups attached to an aromatic ring is 1. The lowest BCUT2D eigenvalue weighted by Gasteiger charge is -2.06. The van der Waals surface area contributed by atoms with Crippen molar-refractivity contribution in [2.24, 2.45) is 5.84 Å². The van der Waals surface area contributed by atoms with E-state index in [2.05, 4.69) is 22.5 Å². The highest BCUT2D eigenvalue weighted by molar-refractivity contribution is 7.80. The van der Waals surface area contributed by atoms with Gasteiger partial charge in [0.25, 0.3) is 5.91 Å². The first-order valence-corrected chi connectivity index (χ1v) is 6.47. The van der Waals surface area contributed by atoms with Crippen LogP contribution in [-0.2, 0) is 0 Å². The first-order valence-electron chi connectivity index (χ1n) is 5.18. The Kier molecular flexibility index (Phi) is 5.81. The van der Waals surface area contributed by atoms with Crippen molar-refractivity contribution in [1.82, 2.24) is 15.7 Å². The molecule has 5 N–H and O–H groups in total. The molecule has 8 heteroatoms. The molecule has 0 fully saturated rings. The number of hydrazine groups is 1. The van der Waals surface area contributed by atoms with Crippen LogP contribution in [0.25, 0.3) is 0 Å². The lowest BCUT2D eigenvalue weighted by atomic mass is 10.3. The average molecular weight is 273 g/mol. The van der Waals surface area contributed by atoms with Gasteiger partial charge in [0.2, 0.25) is 0 Å². The van der Waals surface area contributed by atoms with E-state index in [0.29, 0.717) is 10.2 Å². The van der Waals surface area contributed by atoms with Crippen molar-refractivity contribution in [3.8, 4) is 0 Å². The largest absolute Gasteiger partial charge is 0.362 e. The molecule has 0 saturated carbocycles. The zero-order valence-electron chi connectivity index (χ0n) is 9.45. The van der Waals surface area contributed by atoms with Crippen molar-refractivity contribution in [2.45, 2.75) is 19.8 Å². The number of unbranched alkanes of at least 4 members (excludes halogenated alkanes) is 1. The van der Waals surface area contributed by atoms with Gasteiger partial charge in [-0.1, -0.05) is 13.3 Å². The molecule has 6 nitrogen and oxygen atoms in total. The maximum absolute atomic E-state index is 11.2. The number of amides is 1. The third-order valence-electron chi connectivity index (χ3n) is 1.90. The van der Waals surface area contributed by atoms with Gasteiger partial charge in [-0.25, -0.2) is 10.8 Å². The number of nitrogens with two attached hydrogens (primary N) is 1. The molecule has 94 valence electrons. The molecule has 0 unspecified atom stereocenters. The zero-order chi connectivity index (χ0) is 12.7. The fourth-order valence-electron chi connectivity index (χ4n) is 1.03. The minimum Gasteiger partial charge on any atom is -0.362 e. The van der Waals surface area contributed by atoms with Crippen LogP contribution in [0.5, 0.6) is 0 Å². The van der Waals surface area contributed by atoms with Crippen molar-refractivity contribution < 1.29 is 4.79 Å². The van der Waals surface area contributed by atoms with E-state index < -0.39 is 5.91 Å². The van der Waals surface area contributed by atoms with Gasteiger partial charge in [0.05, 0.1) is 0 Å². The minimum atomic E-state index is -0.417. The topological polar surface area (TPSA) is 92.1 Å². The van der Waals surface area contributed by atoms with Gasteiger partial charge in [0, 0.05) is 11.9 Å². The van der Waals surface area contributed by atoms with Crippen molar-refractivity contribution >= 4 is 39.7 Å². The number of thiocarbonyl (C=S) groups is 1. The summed E-state index contributed by atoms with van der Waals surface area (Å²) < 4.78 is 0. The monoisotopic (exact) mass is 273 g/mol. The highest BCUT2D eigenvalue weighted by Crippen LogP contribution is 2.14. The third kappa shape index (κ3) is 4.63. The van der Waals surface area contributed by atoms with Crippen molar-refractivity contribution in [1.29, 1.82) is 0 Å². The summed E-state index contributed by atoms with van der Waals surface area (Å²) in [4.78, 5) is 15.2. The fourth-order valence-corrected chi connectivity index (χ4v) is 1.99. The molecule has 1 heterocycles. The molecule has 0 aromatic carbocycles. The van der Waals surface area contributed by atoms with Gasteiger partial charge in [0.15, 0.2) is 10.2 Å². The fraction of sp³-hybridized carbons (Fsp3) is 0.444. The zero-order valence-corrected chi connectivity index (χ0v) is 11.1. The lowest BCUT2D eigenvalue weighted by molar-refractivity contribution is 0.0949. The number of aromatic nitrogens is 1. The molecule has 0 spiro atoms. The predicted molar refractivity (Wildman–Crippen MR) is 72.9 cm³/mol. The second kappa shape index (κ2) is 7.15. The van der Waals surface area contributed by atoms with E-state index in [0.717, 1.165) is 19.4 Å². The van der Waals surface area contributed by atoms with Crippen LogP contribution in [0, 0.1) is 0 Å². The molecule has 0 aliphatic rings. The highest BCUT2D eigenvalue weighted by atomic mass is 32.1. The van der Waals surface area contributed by atoms with Crippen LogP contribution in [0.1, 0.15) is 30.3 Å². The molecule has 0 radical (unpaired) electrons. The van der Waals surface area contributed by atoms with Crippen LogP contribution >= 0.6 is 23.6 Å². The first-order chi connectivity index (χ1) is 8.17. The summed E-state index contributed by atoms with van der Waals surface area (Å²) in [6, 6.07) is 0. The van der Waals surface area contributed by atoms with Gasteiger partial charge in [0.1, 0.15) is 5.69 Å². The van der Waals surface area contributed by atoms with E-state index in [9.17, 15) is 4.79 Å². The molecule has 0 aliphatic carbocycles. The van der Waals surface area contributed by atoms with Crippen LogP contribution in [0.4, 0.5) is 5.13 Å². The van der Waals surface area contributed by atoms with E-state index in [-0.39, 0.29) is 5.69 Å². The SMILES string of the molecule is CCCCNC(=S)Nc1nc(C(=O)NN)cs1. The van der Waals surface area contributed by atoms with Gasteiger partial charge in [-0.15, -0.1) is 11.3 Å². The molecule has 1 rings (SSSR count). The number of hydrogen-bond acceptors (Lipinski definition) is 5. The normalized spacial score (nSPS) is 9.76. The number of anilines is 1. The van der Waals surface area contributed by atoms with Gasteiger partial charge in [-0.05, 0) is 18.6 Å². The van der Waals surface area contributed by atoms with Crippen molar-refractivity contribution in [3.63, 3.8) is 0 Å². The molecular formula is C9H15N5OS2. The molecule has 0 aliphatic heterocycles. The molecular weight excluding hydrogens is 258 g/mol. The Morgan fingerprint density at radius 1 is 1.65 bits per heavy atom. The summed E-state index contributed by atoms with van der Waals surface area (Å²) in [6.45, 7) is 2.93. The summed E-state index contributed by atoms with van der Waals surface area (Å²) in [5, 5.41) is 8.64. The van der Waals surface area contributed by atoms with E-state index in [1.807, 2.05) is 5.43 Å². The highest BCUT2D eigenvalue weighted by Gasteiger charge is 2.09. The second-order valence-electron chi connectivity index (χ2n) is 3.25. The number of hydrogen-bond donors (Lipinski definition) is 4. The summed E-state index contributed by atoms with van der Waals surface area (Å²) in [5.74, 6) is 4.58. The molecule has 17 heavy (non-hydrogen) atoms. The van der Waals surface area contributed by atoms with Gasteiger partial charge >= 0.3 is 0 Å². The molecule has 0 saturated heterocycles. The Balaban J connectivity index is 2.43. The average Bonchev–Trinajstić information content (AvgIpc) is 2.77. The van der Waals surface area contributed by atoms with E-state index in [1.165, 1.54) is 11.3 Å². The lowest BCUT2D eigenvalue weighted by Crippen LogP contribution is -2.31. The number of nitrogens with zero attached hydrogens (tertiary/aromatic N) is 1. The first kappa shape index (κ1) is 13.8. The van der Waals surface area contributed by atoms with Gasteiger partial charge < -0.3 is 10.6 Å². The number of thiazole rings is 1. The van der Waals surface area contributed by atoms with E-state index >= 15 is 0 Å². The maximum atomic E-state index is 11.2. The molecule has 1 amide bonds. The Hall–Kier alpha value is -1.25. The van der Waals surface area contributed by atoms with E-state index in [1.54, 1.807) is 5.38 Å². The standard InChI is InChI=1S/C9H15N5OS2/c1-2-3-4-11-8(16)13-9-12-6(5-17-9)7(15)14-10/h5H,2-4,10H2,1H3,(H,14,15)(H2,11,12,13,16). The predicted octanol–water partition coefficient (Wildman–Crippen LogP) is 0.833. The summed E-state index contributed by atoms with van der Waals surface area (Å²) >= 11 is 6.37. The Morgan fingerprint density at radius 2 is 2.41 bits per heavy atom. The number of nitrogens with one attached hydrogen (secondary N) is 3. The third-order valence-corrected chi connectivity index (χ3v) is 2.91. The van der Waals surface area contributed by atoms with Crippen molar-refractivity contribution in [3.05, 3.63) is 11.1 Å².